The number of phenols is 8. The molecule has 0 spiro atoms. The molecule has 784 valence electrons. The SMILES string of the molecule is Oc1ccc(SC[C@H]2O[C@@H]3O[C@H]4[C@H](O)[C@@H](O)[C@@H](O[C@H]5[C@H](O)[C@@H](O)[C@@H](O[C@H]6[C@H](O)[C@@H](O)[C@@H](O[C@H]7[C@H](O)[C@@H](O)[C@@H](O[C@H]8[C@H](O)[C@@H](O)[C@@H](O[C@H]9[C@H](O)[C@@H](O)[C@@H](O[C@H]%10[C@H](O)[C@@H](O)[C@@H](O[C@H]2[C@H](O)[C@H]3O)O[C@@H]%10CSc2ccc(O)cc2)O[C@@H]9CSc2ccc(O)cc2)O[C@@H]8CSc2ccc(O)cc2)O[C@@H]7CSc2ccc(O)cc2)O[C@@H]6CSc2ccc(O)cc2)O[C@@H]5CSc2ccc(O)cc2)O[C@@H]4CSc2ccc(O)cc2)cc1. The number of hydrogen-bond donors (Lipinski definition) is 24. The second kappa shape index (κ2) is 49.4. The molecule has 0 aromatic heterocycles. The van der Waals surface area contributed by atoms with Crippen molar-refractivity contribution in [2.24, 2.45) is 0 Å². The Morgan fingerprint density at radius 1 is 0.132 bits per heavy atom. The first-order valence-corrected chi connectivity index (χ1v) is 53.8. The van der Waals surface area contributed by atoms with E-state index in [-0.39, 0.29) is 92.0 Å². The third-order valence-corrected chi connectivity index (χ3v) is 34.3. The standard InChI is InChI=1S/C96H112O40S8/c97-41-1-17-49(18-2-41)137-33-57-81-65(105)73(113)89(121-57)130-82-58(34-138-50-19-3-42(98)4-20-50)123-91(75(115)67(82)107)132-84-60(36-140-52-23-7-44(100)8-24-52)125-93(77(117)69(84)109)134-86-62(38-142-54-27-11-46(102)12-28-54)127-95(79(119)71(86)111)136-88-64(40-144-56-31-15-48(104)16-32-56)128-96(80(120)72(88)112)135-87-63(39-143-55-29-13-47(103)14-30-55)126-94(78(118)70(87)110)133-85-61(37-141-53-25-9-45(101)10-26-53)124-92(76(116)68(85)108)131-83-59(122-90(129-81)74(114)66(83)106)35-139-51-21-5-43(99)6-22-51/h1-32,57-120H,33-40H2/t57-,58-,59-,60-,61-,62-,63-,64-,65-,66-,67-,68-,69-,70-,71-,72-,73-,74-,75-,76-,77-,78-,79-,80-,81-,82-,83-,84-,85-,86-,87-,88-,89-,90-,91-,92-,93-,94-,95-,96-/m1/s1. The van der Waals surface area contributed by atoms with Crippen LogP contribution in [0.4, 0.5) is 0 Å². The second-order valence-corrected chi connectivity index (χ2v) is 44.2. The Bertz CT molecular complexity index is 4360. The first kappa shape index (κ1) is 109. The van der Waals surface area contributed by atoms with E-state index in [2.05, 4.69) is 0 Å². The molecule has 8 aromatic rings. The fraction of sp³-hybridized carbons (Fsp3) is 0.500. The van der Waals surface area contributed by atoms with Crippen molar-refractivity contribution in [1.29, 1.82) is 0 Å². The molecule has 0 amide bonds. The van der Waals surface area contributed by atoms with Gasteiger partial charge in [-0.05, 0) is 194 Å². The first-order chi connectivity index (χ1) is 69.2. The predicted molar refractivity (Wildman–Crippen MR) is 515 cm³/mol. The van der Waals surface area contributed by atoms with E-state index in [0.29, 0.717) is 39.2 Å². The van der Waals surface area contributed by atoms with Gasteiger partial charge in [-0.1, -0.05) is 0 Å². The highest BCUT2D eigenvalue weighted by Gasteiger charge is 2.61. The van der Waals surface area contributed by atoms with Gasteiger partial charge in [0.15, 0.2) is 50.3 Å². The van der Waals surface area contributed by atoms with Crippen molar-refractivity contribution in [3.05, 3.63) is 194 Å². The van der Waals surface area contributed by atoms with E-state index < -0.39 is 246 Å². The van der Waals surface area contributed by atoms with E-state index in [4.69, 9.17) is 75.8 Å². The van der Waals surface area contributed by atoms with Crippen LogP contribution < -0.4 is 0 Å². The second-order valence-electron chi connectivity index (χ2n) is 35.4. The summed E-state index contributed by atoms with van der Waals surface area (Å²) in [4.78, 5) is 4.04. The van der Waals surface area contributed by atoms with Gasteiger partial charge in [0, 0.05) is 85.2 Å². The van der Waals surface area contributed by atoms with Gasteiger partial charge in [-0.15, -0.1) is 94.1 Å². The van der Waals surface area contributed by atoms with Gasteiger partial charge in [-0.25, -0.2) is 0 Å². The highest BCUT2D eigenvalue weighted by atomic mass is 32.2. The molecule has 48 heteroatoms. The summed E-state index contributed by atoms with van der Waals surface area (Å²) in [7, 11) is 0. The molecule has 38 rings (SSSR count). The third kappa shape index (κ3) is 26.3. The van der Waals surface area contributed by atoms with E-state index in [0.717, 1.165) is 94.1 Å². The molecule has 30 aliphatic heterocycles. The zero-order chi connectivity index (χ0) is 102. The summed E-state index contributed by atoms with van der Waals surface area (Å²) in [5.74, 6) is -2.69. The van der Waals surface area contributed by atoms with Crippen LogP contribution in [0.3, 0.4) is 0 Å². The molecule has 30 saturated heterocycles. The fourth-order valence-electron chi connectivity index (χ4n) is 17.6. The molecule has 8 aromatic carbocycles. The lowest BCUT2D eigenvalue weighted by molar-refractivity contribution is -0.396. The summed E-state index contributed by atoms with van der Waals surface area (Å²) in [6.45, 7) is 0. The molecule has 0 radical (unpaired) electrons. The minimum atomic E-state index is -2.22. The number of rotatable bonds is 24. The number of benzene rings is 8. The Kier molecular flexibility index (Phi) is 37.4. The molecular formula is C96H112O40S8. The van der Waals surface area contributed by atoms with Gasteiger partial charge in [-0.2, -0.15) is 0 Å². The van der Waals surface area contributed by atoms with Crippen LogP contribution in [-0.2, 0) is 75.8 Å². The maximum atomic E-state index is 12.7. The summed E-state index contributed by atoms with van der Waals surface area (Å²) in [5.41, 5.74) is 0. The summed E-state index contributed by atoms with van der Waals surface area (Å²) >= 11 is 8.64. The van der Waals surface area contributed by atoms with Crippen LogP contribution in [-0.4, -0.2) is 414 Å². The zero-order valence-electron chi connectivity index (χ0n) is 75.8. The number of aromatic hydroxyl groups is 8. The normalized spacial score (nSPS) is 38.2. The minimum Gasteiger partial charge on any atom is -0.508 e. The van der Waals surface area contributed by atoms with Crippen molar-refractivity contribution in [2.45, 2.75) is 285 Å². The van der Waals surface area contributed by atoms with Crippen molar-refractivity contribution >= 4 is 94.1 Å². The number of phenolic OH excluding ortho intramolecular Hbond substituents is 8. The highest BCUT2D eigenvalue weighted by molar-refractivity contribution is 8.01. The van der Waals surface area contributed by atoms with Crippen LogP contribution in [0.1, 0.15) is 0 Å². The number of aliphatic hydroxyl groups excluding tert-OH is 16. The van der Waals surface area contributed by atoms with Crippen LogP contribution in [0.25, 0.3) is 0 Å². The molecule has 144 heavy (non-hydrogen) atoms. The van der Waals surface area contributed by atoms with Crippen molar-refractivity contribution in [3.8, 4) is 46.0 Å². The van der Waals surface area contributed by atoms with Crippen molar-refractivity contribution in [3.63, 3.8) is 0 Å². The Morgan fingerprint density at radius 2 is 0.222 bits per heavy atom. The summed E-state index contributed by atoms with van der Waals surface area (Å²) in [6.07, 6.45) is -77.7. The van der Waals surface area contributed by atoms with Gasteiger partial charge in [0.05, 0.1) is 48.8 Å². The summed E-state index contributed by atoms with van der Waals surface area (Å²) < 4.78 is 106. The molecule has 30 aliphatic rings. The largest absolute Gasteiger partial charge is 0.508 e. The summed E-state index contributed by atoms with van der Waals surface area (Å²) in [6, 6.07) is 47.2. The molecule has 40 nitrogen and oxygen atoms in total. The van der Waals surface area contributed by atoms with E-state index >= 15 is 0 Å². The van der Waals surface area contributed by atoms with Gasteiger partial charge in [0.1, 0.15) is 192 Å². The van der Waals surface area contributed by atoms with Gasteiger partial charge in [0.25, 0.3) is 0 Å². The van der Waals surface area contributed by atoms with Gasteiger partial charge in [-0.3, -0.25) is 0 Å². The van der Waals surface area contributed by atoms with Crippen molar-refractivity contribution in [2.75, 3.05) is 46.0 Å². The van der Waals surface area contributed by atoms with Crippen molar-refractivity contribution < 1.29 is 198 Å². The van der Waals surface area contributed by atoms with E-state index in [1.54, 1.807) is 97.1 Å². The highest BCUT2D eigenvalue weighted by Crippen LogP contribution is 2.46. The van der Waals surface area contributed by atoms with Gasteiger partial charge in [0.2, 0.25) is 0 Å². The molecule has 0 saturated carbocycles. The Labute approximate surface area is 857 Å². The average molecular weight is 2160 g/mol. The molecule has 30 heterocycles. The smallest absolute Gasteiger partial charge is 0.187 e. The lowest BCUT2D eigenvalue weighted by atomic mass is 9.95. The molecule has 16 bridgehead atoms. The Hall–Kier alpha value is -6.32. The lowest BCUT2D eigenvalue weighted by Crippen LogP contribution is -2.69. The van der Waals surface area contributed by atoms with Crippen LogP contribution in [0, 0.1) is 0 Å². The zero-order valence-corrected chi connectivity index (χ0v) is 82.3. The van der Waals surface area contributed by atoms with E-state index in [1.165, 1.54) is 97.1 Å². The first-order valence-electron chi connectivity index (χ1n) is 45.9. The lowest BCUT2D eigenvalue weighted by Gasteiger charge is -2.51. The van der Waals surface area contributed by atoms with Crippen LogP contribution >= 0.6 is 94.1 Å². The molecule has 0 aliphatic carbocycles. The van der Waals surface area contributed by atoms with Crippen LogP contribution in [0.2, 0.25) is 0 Å². The van der Waals surface area contributed by atoms with E-state index in [9.17, 15) is 123 Å². The van der Waals surface area contributed by atoms with Gasteiger partial charge >= 0.3 is 0 Å². The number of thioether (sulfide) groups is 8. The minimum absolute atomic E-state index is 0.0972. The summed E-state index contributed by atoms with van der Waals surface area (Å²) in [5, 5.41) is 285. The molecule has 30 fully saturated rings. The van der Waals surface area contributed by atoms with Crippen LogP contribution in [0.15, 0.2) is 233 Å². The molecule has 0 unspecified atom stereocenters. The Morgan fingerprint density at radius 3 is 0.312 bits per heavy atom. The van der Waals surface area contributed by atoms with Crippen LogP contribution in [0.5, 0.6) is 46.0 Å². The van der Waals surface area contributed by atoms with Gasteiger partial charge < -0.3 is 198 Å². The monoisotopic (exact) mass is 2160 g/mol. The maximum Gasteiger partial charge on any atom is 0.187 e. The molecule has 24 N–H and O–H groups in total. The maximum absolute atomic E-state index is 12.7. The average Bonchev–Trinajstić information content (AvgIpc) is 0.772. The Balaban J connectivity index is 0.738. The molecule has 40 atom stereocenters. The molecular weight excluding hydrogens is 2050 g/mol. The topological polar surface area (TPSA) is 633 Å². The third-order valence-electron chi connectivity index (χ3n) is 25.5. The van der Waals surface area contributed by atoms with Crippen molar-refractivity contribution in [1.82, 2.24) is 0 Å². The quantitative estimate of drug-likeness (QED) is 0.0387. The number of ether oxygens (including phenoxy) is 16. The number of hydrogen-bond acceptors (Lipinski definition) is 48. The fourth-order valence-corrected chi connectivity index (χ4v) is 25.2. The number of aliphatic hydroxyl groups is 16. The van der Waals surface area contributed by atoms with E-state index in [1.807, 2.05) is 0 Å². The predicted octanol–water partition coefficient (Wildman–Crippen LogP) is 2.64.